The first-order valence-corrected chi connectivity index (χ1v) is 25.3. The number of hydrogen-bond donors (Lipinski definition) is 0. The van der Waals surface area contributed by atoms with E-state index in [-0.39, 0.29) is 31.1 Å². The van der Waals surface area contributed by atoms with Crippen molar-refractivity contribution in [3.05, 3.63) is 97.2 Å². The molecule has 0 radical (unpaired) electrons. The molecule has 6 heteroatoms. The third-order valence-electron chi connectivity index (χ3n) is 10.4. The van der Waals surface area contributed by atoms with Gasteiger partial charge in [-0.2, -0.15) is 0 Å². The van der Waals surface area contributed by atoms with Gasteiger partial charge in [0.25, 0.3) is 0 Å². The van der Waals surface area contributed by atoms with Gasteiger partial charge in [-0.3, -0.25) is 14.4 Å². The standard InChI is InChI=1S/C56H92O6/c1-4-7-10-13-16-19-22-25-27-28-29-32-34-37-40-43-46-49-55(58)61-52-53(51-60-54(57)48-45-42-39-36-33-30-24-21-18-15-12-9-6-3)62-56(59)50-47-44-41-38-35-31-26-23-20-17-14-11-8-5-2/h8-9,11-12,15-21,24-25,27,30,33,53H,4-7,10,13-14,22-23,26,28-29,31-32,34-52H2,1-3H3/b11-8+,12-9+,18-15+,19-16+,20-17+,24-21+,27-25+,33-30+. The number of carbonyl (C=O) groups is 3. The lowest BCUT2D eigenvalue weighted by Gasteiger charge is -2.18. The number of carbonyl (C=O) groups excluding carboxylic acids is 3. The molecule has 0 N–H and O–H groups in total. The van der Waals surface area contributed by atoms with Crippen LogP contribution in [0.2, 0.25) is 0 Å². The highest BCUT2D eigenvalue weighted by atomic mass is 16.6. The van der Waals surface area contributed by atoms with Gasteiger partial charge in [0.1, 0.15) is 13.2 Å². The van der Waals surface area contributed by atoms with Crippen molar-refractivity contribution in [1.29, 1.82) is 0 Å². The van der Waals surface area contributed by atoms with E-state index in [0.717, 1.165) is 103 Å². The monoisotopic (exact) mass is 861 g/mol. The van der Waals surface area contributed by atoms with E-state index in [9.17, 15) is 14.4 Å². The second kappa shape index (κ2) is 50.0. The predicted octanol–water partition coefficient (Wildman–Crippen LogP) is 16.6. The summed E-state index contributed by atoms with van der Waals surface area (Å²) in [7, 11) is 0. The van der Waals surface area contributed by atoms with E-state index in [1.807, 2.05) is 36.5 Å². The fourth-order valence-electron chi connectivity index (χ4n) is 6.64. The first-order valence-electron chi connectivity index (χ1n) is 25.3. The SMILES string of the molecule is CC/C=C/C=C/C=C/C=C/CCCCCC(=O)OCC(COC(=O)CCCCCCCCC/C=C/C/C=C/CCCCC)OC(=O)CCCCCCCCC/C=C/C/C=C/CC. The maximum absolute atomic E-state index is 12.8. The minimum absolute atomic E-state index is 0.0990. The summed E-state index contributed by atoms with van der Waals surface area (Å²) >= 11 is 0. The topological polar surface area (TPSA) is 78.9 Å². The van der Waals surface area contributed by atoms with E-state index >= 15 is 0 Å². The Bertz CT molecular complexity index is 1260. The smallest absolute Gasteiger partial charge is 0.306 e. The summed E-state index contributed by atoms with van der Waals surface area (Å²) in [6.07, 6.45) is 65.3. The van der Waals surface area contributed by atoms with Crippen molar-refractivity contribution in [2.24, 2.45) is 0 Å². The molecule has 0 bridgehead atoms. The number of unbranched alkanes of at least 4 members (excludes halogenated alkanes) is 20. The lowest BCUT2D eigenvalue weighted by Crippen LogP contribution is -2.30. The molecule has 62 heavy (non-hydrogen) atoms. The van der Waals surface area contributed by atoms with Crippen LogP contribution in [0, 0.1) is 0 Å². The Morgan fingerprint density at radius 2 is 0.710 bits per heavy atom. The number of rotatable bonds is 44. The Balaban J connectivity index is 4.46. The molecule has 0 spiro atoms. The fraction of sp³-hybridized carbons (Fsp3) is 0.661. The van der Waals surface area contributed by atoms with E-state index in [1.165, 1.54) is 77.0 Å². The average molecular weight is 861 g/mol. The van der Waals surface area contributed by atoms with Crippen molar-refractivity contribution in [2.45, 2.75) is 226 Å². The Morgan fingerprint density at radius 3 is 1.18 bits per heavy atom. The Kier molecular flexibility index (Phi) is 47.0. The van der Waals surface area contributed by atoms with Crippen LogP contribution in [-0.2, 0) is 28.6 Å². The molecule has 0 aliphatic heterocycles. The molecule has 0 heterocycles. The second-order valence-electron chi connectivity index (χ2n) is 16.4. The molecule has 0 aliphatic carbocycles. The van der Waals surface area contributed by atoms with Gasteiger partial charge in [0.15, 0.2) is 6.10 Å². The zero-order chi connectivity index (χ0) is 45.1. The Labute approximate surface area is 381 Å². The summed E-state index contributed by atoms with van der Waals surface area (Å²) in [5.74, 6) is -0.959. The molecule has 0 aliphatic rings. The molecule has 352 valence electrons. The highest BCUT2D eigenvalue weighted by molar-refractivity contribution is 5.71. The molecule has 0 aromatic rings. The average Bonchev–Trinajstić information content (AvgIpc) is 3.27. The Morgan fingerprint density at radius 1 is 0.355 bits per heavy atom. The number of hydrogen-bond acceptors (Lipinski definition) is 6. The van der Waals surface area contributed by atoms with Gasteiger partial charge in [0, 0.05) is 19.3 Å². The van der Waals surface area contributed by atoms with Gasteiger partial charge in [-0.15, -0.1) is 0 Å². The predicted molar refractivity (Wildman–Crippen MR) is 265 cm³/mol. The van der Waals surface area contributed by atoms with Crippen molar-refractivity contribution in [3.8, 4) is 0 Å². The maximum Gasteiger partial charge on any atom is 0.306 e. The zero-order valence-corrected chi connectivity index (χ0v) is 40.1. The van der Waals surface area contributed by atoms with Crippen molar-refractivity contribution in [1.82, 2.24) is 0 Å². The van der Waals surface area contributed by atoms with E-state index in [2.05, 4.69) is 81.5 Å². The first-order chi connectivity index (χ1) is 30.5. The quantitative estimate of drug-likeness (QED) is 0.0200. The van der Waals surface area contributed by atoms with E-state index in [0.29, 0.717) is 19.3 Å². The molecule has 6 nitrogen and oxygen atoms in total. The molecule has 0 aromatic carbocycles. The van der Waals surface area contributed by atoms with Gasteiger partial charge >= 0.3 is 17.9 Å². The summed E-state index contributed by atoms with van der Waals surface area (Å²) < 4.78 is 16.7. The van der Waals surface area contributed by atoms with Gasteiger partial charge in [-0.1, -0.05) is 201 Å². The molecular formula is C56H92O6. The number of esters is 3. The lowest BCUT2D eigenvalue weighted by atomic mass is 10.1. The first kappa shape index (κ1) is 58.3. The molecule has 1 unspecified atom stereocenters. The van der Waals surface area contributed by atoms with Crippen LogP contribution in [0.5, 0.6) is 0 Å². The van der Waals surface area contributed by atoms with Gasteiger partial charge < -0.3 is 14.2 Å². The third kappa shape index (κ3) is 47.4. The van der Waals surface area contributed by atoms with Crippen LogP contribution in [0.4, 0.5) is 0 Å². The zero-order valence-electron chi connectivity index (χ0n) is 40.1. The summed E-state index contributed by atoms with van der Waals surface area (Å²) in [6.45, 7) is 6.31. The lowest BCUT2D eigenvalue weighted by molar-refractivity contribution is -0.167. The van der Waals surface area contributed by atoms with Crippen molar-refractivity contribution < 1.29 is 28.6 Å². The van der Waals surface area contributed by atoms with Crippen molar-refractivity contribution in [2.75, 3.05) is 13.2 Å². The molecule has 0 rings (SSSR count). The largest absolute Gasteiger partial charge is 0.462 e. The van der Waals surface area contributed by atoms with Crippen LogP contribution >= 0.6 is 0 Å². The highest BCUT2D eigenvalue weighted by Gasteiger charge is 2.19. The summed E-state index contributed by atoms with van der Waals surface area (Å²) in [4.78, 5) is 37.9. The van der Waals surface area contributed by atoms with Gasteiger partial charge in [-0.05, 0) is 96.3 Å². The normalized spacial score (nSPS) is 12.9. The maximum atomic E-state index is 12.8. The van der Waals surface area contributed by atoms with Crippen LogP contribution in [0.3, 0.4) is 0 Å². The van der Waals surface area contributed by atoms with E-state index in [1.54, 1.807) is 0 Å². The fourth-order valence-corrected chi connectivity index (χ4v) is 6.64. The highest BCUT2D eigenvalue weighted by Crippen LogP contribution is 2.14. The molecular weight excluding hydrogens is 769 g/mol. The summed E-state index contributed by atoms with van der Waals surface area (Å²) in [5.41, 5.74) is 0. The van der Waals surface area contributed by atoms with Crippen LogP contribution in [-0.4, -0.2) is 37.2 Å². The van der Waals surface area contributed by atoms with Crippen LogP contribution in [0.1, 0.15) is 220 Å². The number of allylic oxidation sites excluding steroid dienone is 16. The minimum atomic E-state index is -0.801. The molecule has 1 atom stereocenters. The molecule has 0 fully saturated rings. The Hall–Kier alpha value is -3.67. The third-order valence-corrected chi connectivity index (χ3v) is 10.4. The van der Waals surface area contributed by atoms with Crippen LogP contribution in [0.25, 0.3) is 0 Å². The molecule has 0 amide bonds. The molecule has 0 saturated carbocycles. The van der Waals surface area contributed by atoms with Gasteiger partial charge in [0.2, 0.25) is 0 Å². The molecule has 0 aromatic heterocycles. The summed E-state index contributed by atoms with van der Waals surface area (Å²) in [5, 5.41) is 0. The van der Waals surface area contributed by atoms with Gasteiger partial charge in [-0.25, -0.2) is 0 Å². The molecule has 0 saturated heterocycles. The minimum Gasteiger partial charge on any atom is -0.462 e. The van der Waals surface area contributed by atoms with Crippen molar-refractivity contribution in [3.63, 3.8) is 0 Å². The van der Waals surface area contributed by atoms with Crippen LogP contribution in [0.15, 0.2) is 97.2 Å². The second-order valence-corrected chi connectivity index (χ2v) is 16.4. The van der Waals surface area contributed by atoms with Gasteiger partial charge in [0.05, 0.1) is 0 Å². The van der Waals surface area contributed by atoms with Crippen LogP contribution < -0.4 is 0 Å². The number of ether oxygens (including phenoxy) is 3. The van der Waals surface area contributed by atoms with E-state index < -0.39 is 6.10 Å². The van der Waals surface area contributed by atoms with Crippen molar-refractivity contribution >= 4 is 17.9 Å². The van der Waals surface area contributed by atoms with E-state index in [4.69, 9.17) is 14.2 Å². The summed E-state index contributed by atoms with van der Waals surface area (Å²) in [6, 6.07) is 0.